The molecule has 2 atom stereocenters. The van der Waals surface area contributed by atoms with E-state index in [1.807, 2.05) is 0 Å². The number of ether oxygens (including phenoxy) is 3. The van der Waals surface area contributed by atoms with E-state index in [1.165, 1.54) is 31.3 Å². The molecule has 9 heteroatoms. The van der Waals surface area contributed by atoms with Crippen molar-refractivity contribution >= 4 is 40.7 Å². The Labute approximate surface area is 201 Å². The molecule has 0 aliphatic carbocycles. The average Bonchev–Trinajstić information content (AvgIpc) is 3.40. The van der Waals surface area contributed by atoms with E-state index >= 15 is 0 Å². The van der Waals surface area contributed by atoms with E-state index in [0.717, 1.165) is 12.8 Å². The number of methoxy groups -OCH3 is 2. The quantitative estimate of drug-likeness (QED) is 0.360. The predicted molar refractivity (Wildman–Crippen MR) is 124 cm³/mol. The molecule has 2 aliphatic heterocycles. The van der Waals surface area contributed by atoms with E-state index in [2.05, 4.69) is 0 Å². The van der Waals surface area contributed by atoms with Crippen LogP contribution in [0.15, 0.2) is 42.0 Å². The number of hydrogen-bond donors (Lipinski definition) is 1. The summed E-state index contributed by atoms with van der Waals surface area (Å²) in [6.07, 6.45) is 1.48. The van der Waals surface area contributed by atoms with E-state index < -0.39 is 23.5 Å². The fourth-order valence-corrected chi connectivity index (χ4v) is 4.89. The van der Waals surface area contributed by atoms with Crippen molar-refractivity contribution in [2.45, 2.75) is 25.0 Å². The smallest absolute Gasteiger partial charge is 0.295 e. The SMILES string of the molecule is COc1cccc(C2/C(=C(\O)c3cc(Cl)cc(Cl)c3OC)C(=O)C(=O)N2CC2CCCO2)c1. The summed E-state index contributed by atoms with van der Waals surface area (Å²) < 4.78 is 16.4. The van der Waals surface area contributed by atoms with E-state index in [1.54, 1.807) is 24.3 Å². The summed E-state index contributed by atoms with van der Waals surface area (Å²) in [7, 11) is 2.92. The van der Waals surface area contributed by atoms with Crippen LogP contribution in [0.2, 0.25) is 10.0 Å². The molecule has 0 saturated carbocycles. The van der Waals surface area contributed by atoms with Crippen LogP contribution in [0.3, 0.4) is 0 Å². The standard InChI is InChI=1S/C24H23Cl2NO6/c1-31-15-6-3-5-13(9-15)20-19(21(28)17-10-14(25)11-18(26)23(17)32-2)22(29)24(30)27(20)12-16-7-4-8-33-16/h3,5-6,9-11,16,20,28H,4,7-8,12H2,1-2H3/b21-19+. The van der Waals surface area contributed by atoms with Gasteiger partial charge in [0, 0.05) is 18.2 Å². The first-order valence-corrected chi connectivity index (χ1v) is 11.2. The van der Waals surface area contributed by atoms with Gasteiger partial charge in [-0.2, -0.15) is 0 Å². The zero-order valence-electron chi connectivity index (χ0n) is 18.1. The fourth-order valence-electron chi connectivity index (χ4n) is 4.32. The number of rotatable bonds is 6. The van der Waals surface area contributed by atoms with E-state index in [4.69, 9.17) is 37.4 Å². The Kier molecular flexibility index (Phi) is 6.83. The number of carbonyl (C=O) groups excluding carboxylic acids is 2. The van der Waals surface area contributed by atoms with Crippen molar-refractivity contribution in [1.29, 1.82) is 0 Å². The van der Waals surface area contributed by atoms with E-state index in [-0.39, 0.29) is 39.6 Å². The Hall–Kier alpha value is -2.74. The monoisotopic (exact) mass is 491 g/mol. The molecule has 0 spiro atoms. The third-order valence-corrected chi connectivity index (χ3v) is 6.34. The number of carbonyl (C=O) groups is 2. The van der Waals surface area contributed by atoms with Crippen LogP contribution in [0, 0.1) is 0 Å². The Morgan fingerprint density at radius 3 is 2.64 bits per heavy atom. The Morgan fingerprint density at radius 2 is 1.97 bits per heavy atom. The number of benzene rings is 2. The molecule has 2 heterocycles. The van der Waals surface area contributed by atoms with Gasteiger partial charge in [-0.15, -0.1) is 0 Å². The van der Waals surface area contributed by atoms with E-state index in [9.17, 15) is 14.7 Å². The zero-order valence-corrected chi connectivity index (χ0v) is 19.7. The van der Waals surface area contributed by atoms with Crippen molar-refractivity contribution < 1.29 is 28.9 Å². The lowest BCUT2D eigenvalue weighted by Gasteiger charge is -2.27. The lowest BCUT2D eigenvalue weighted by atomic mass is 9.94. The van der Waals surface area contributed by atoms with Gasteiger partial charge in [-0.05, 0) is 42.7 Å². The number of Topliss-reactive ketones (excluding diaryl/α,β-unsaturated/α-hetero) is 1. The van der Waals surface area contributed by atoms with Gasteiger partial charge in [0.2, 0.25) is 0 Å². The van der Waals surface area contributed by atoms with Crippen LogP contribution in [-0.2, 0) is 14.3 Å². The van der Waals surface area contributed by atoms with E-state index in [0.29, 0.717) is 17.9 Å². The number of likely N-dealkylation sites (tertiary alicyclic amines) is 1. The Bertz CT molecular complexity index is 1130. The van der Waals surface area contributed by atoms with Gasteiger partial charge in [0.1, 0.15) is 17.3 Å². The van der Waals surface area contributed by atoms with Crippen LogP contribution in [-0.4, -0.2) is 55.2 Å². The van der Waals surface area contributed by atoms with Gasteiger partial charge in [-0.25, -0.2) is 0 Å². The highest BCUT2D eigenvalue weighted by molar-refractivity contribution is 6.46. The number of aliphatic hydroxyl groups excluding tert-OH is 1. The molecular formula is C24H23Cl2NO6. The highest BCUT2D eigenvalue weighted by atomic mass is 35.5. The van der Waals surface area contributed by atoms with Crippen molar-refractivity contribution in [1.82, 2.24) is 4.90 Å². The first-order valence-electron chi connectivity index (χ1n) is 10.4. The molecule has 0 aromatic heterocycles. The third kappa shape index (κ3) is 4.40. The maximum atomic E-state index is 13.2. The molecule has 4 rings (SSSR count). The number of aliphatic hydroxyl groups is 1. The van der Waals surface area contributed by atoms with Gasteiger partial charge >= 0.3 is 0 Å². The van der Waals surface area contributed by atoms with Crippen LogP contribution < -0.4 is 9.47 Å². The number of ketones is 1. The molecule has 33 heavy (non-hydrogen) atoms. The summed E-state index contributed by atoms with van der Waals surface area (Å²) in [4.78, 5) is 27.8. The topological polar surface area (TPSA) is 85.3 Å². The average molecular weight is 492 g/mol. The molecule has 2 unspecified atom stereocenters. The van der Waals surface area contributed by atoms with Gasteiger partial charge in [-0.1, -0.05) is 35.3 Å². The molecule has 0 radical (unpaired) electrons. The minimum Gasteiger partial charge on any atom is -0.507 e. The van der Waals surface area contributed by atoms with Crippen LogP contribution in [0.4, 0.5) is 0 Å². The van der Waals surface area contributed by atoms with Crippen LogP contribution in [0.25, 0.3) is 5.76 Å². The van der Waals surface area contributed by atoms with Crippen molar-refractivity contribution in [3.63, 3.8) is 0 Å². The fraction of sp³-hybridized carbons (Fsp3) is 0.333. The minimum atomic E-state index is -0.855. The van der Waals surface area contributed by atoms with Crippen LogP contribution >= 0.6 is 23.2 Å². The second-order valence-electron chi connectivity index (χ2n) is 7.83. The van der Waals surface area contributed by atoms with Crippen LogP contribution in [0.5, 0.6) is 11.5 Å². The molecule has 2 aromatic carbocycles. The number of nitrogens with zero attached hydrogens (tertiary/aromatic N) is 1. The minimum absolute atomic E-state index is 0.0807. The normalized spacial score (nSPS) is 22.1. The van der Waals surface area contributed by atoms with Crippen molar-refractivity contribution in [3.05, 3.63) is 63.1 Å². The maximum absolute atomic E-state index is 13.2. The molecule has 1 N–H and O–H groups in total. The molecule has 2 aromatic rings. The first kappa shape index (κ1) is 23.4. The number of amides is 1. The van der Waals surface area contributed by atoms with Gasteiger partial charge in [0.15, 0.2) is 0 Å². The maximum Gasteiger partial charge on any atom is 0.295 e. The second-order valence-corrected chi connectivity index (χ2v) is 8.68. The highest BCUT2D eigenvalue weighted by Crippen LogP contribution is 2.44. The molecule has 2 aliphatic rings. The first-order chi connectivity index (χ1) is 15.8. The van der Waals surface area contributed by atoms with Crippen molar-refractivity contribution in [2.75, 3.05) is 27.4 Å². The lowest BCUT2D eigenvalue weighted by molar-refractivity contribution is -0.140. The molecule has 174 valence electrons. The molecule has 7 nitrogen and oxygen atoms in total. The number of halogens is 2. The Balaban J connectivity index is 1.91. The highest BCUT2D eigenvalue weighted by Gasteiger charge is 2.47. The van der Waals surface area contributed by atoms with Crippen LogP contribution in [0.1, 0.15) is 30.0 Å². The largest absolute Gasteiger partial charge is 0.507 e. The lowest BCUT2D eigenvalue weighted by Crippen LogP contribution is -2.36. The molecular weight excluding hydrogens is 469 g/mol. The predicted octanol–water partition coefficient (Wildman–Crippen LogP) is 4.61. The Morgan fingerprint density at radius 1 is 1.18 bits per heavy atom. The summed E-state index contributed by atoms with van der Waals surface area (Å²) in [5.74, 6) is -1.24. The van der Waals surface area contributed by atoms with Crippen molar-refractivity contribution in [2.24, 2.45) is 0 Å². The molecule has 0 bridgehead atoms. The van der Waals surface area contributed by atoms with Gasteiger partial charge in [0.05, 0.1) is 42.5 Å². The summed E-state index contributed by atoms with van der Waals surface area (Å²) in [6, 6.07) is 9.08. The zero-order chi connectivity index (χ0) is 23.7. The molecule has 2 saturated heterocycles. The number of hydrogen-bond acceptors (Lipinski definition) is 6. The summed E-state index contributed by atoms with van der Waals surface area (Å²) in [5, 5.41) is 11.7. The summed E-state index contributed by atoms with van der Waals surface area (Å²) >= 11 is 12.4. The summed E-state index contributed by atoms with van der Waals surface area (Å²) in [6.45, 7) is 0.827. The summed E-state index contributed by atoms with van der Waals surface area (Å²) in [5.41, 5.74) is 0.654. The second kappa shape index (κ2) is 9.63. The van der Waals surface area contributed by atoms with Crippen molar-refractivity contribution in [3.8, 4) is 11.5 Å². The van der Waals surface area contributed by atoms with Gasteiger partial charge in [0.25, 0.3) is 11.7 Å². The molecule has 2 fully saturated rings. The van der Waals surface area contributed by atoms with Gasteiger partial charge < -0.3 is 24.2 Å². The third-order valence-electron chi connectivity index (χ3n) is 5.84. The van der Waals surface area contributed by atoms with Gasteiger partial charge in [-0.3, -0.25) is 9.59 Å². The molecule has 1 amide bonds.